The van der Waals surface area contributed by atoms with E-state index in [0.717, 1.165) is 0 Å². The van der Waals surface area contributed by atoms with E-state index in [4.69, 9.17) is 16.6 Å². The molecule has 0 aromatic carbocycles. The number of fused-ring (bicyclic) bond motifs is 1. The molecule has 1 aliphatic rings. The molecule has 1 aromatic heterocycles. The molecule has 0 radical (unpaired) electrons. The Bertz CT molecular complexity index is 525. The second-order valence-corrected chi connectivity index (χ2v) is 3.92. The molecule has 1 unspecified atom stereocenters. The van der Waals surface area contributed by atoms with Crippen LogP contribution in [0.1, 0.15) is 6.92 Å². The van der Waals surface area contributed by atoms with Crippen LogP contribution in [0.25, 0.3) is 0 Å². The molecular formula is C10H14N6O2. The van der Waals surface area contributed by atoms with Crippen molar-refractivity contribution in [3.63, 3.8) is 0 Å². The Labute approximate surface area is 103 Å². The fraction of sp³-hybridized carbons (Fsp3) is 0.300. The van der Waals surface area contributed by atoms with Crippen molar-refractivity contribution < 1.29 is 9.90 Å². The number of aliphatic hydroxyl groups is 1. The second-order valence-electron chi connectivity index (χ2n) is 3.92. The Morgan fingerprint density at radius 1 is 1.50 bits per heavy atom. The molecule has 2 rings (SSSR count). The predicted molar refractivity (Wildman–Crippen MR) is 67.7 cm³/mol. The monoisotopic (exact) mass is 250 g/mol. The van der Waals surface area contributed by atoms with Gasteiger partial charge in [-0.3, -0.25) is 4.79 Å². The molecule has 1 aliphatic heterocycles. The lowest BCUT2D eigenvalue weighted by Crippen LogP contribution is -2.24. The highest BCUT2D eigenvalue weighted by molar-refractivity contribution is 5.95. The number of nitrogen functional groups attached to an aromatic ring is 2. The fourth-order valence-corrected chi connectivity index (χ4v) is 1.51. The smallest absolute Gasteiger partial charge is 0.224 e. The van der Waals surface area contributed by atoms with Crippen molar-refractivity contribution in [1.29, 1.82) is 0 Å². The van der Waals surface area contributed by atoms with E-state index in [9.17, 15) is 4.79 Å². The molecule has 8 nitrogen and oxygen atoms in total. The van der Waals surface area contributed by atoms with Crippen molar-refractivity contribution in [2.75, 3.05) is 28.6 Å². The van der Waals surface area contributed by atoms with Gasteiger partial charge in [0, 0.05) is 11.8 Å². The number of aliphatic hydroxyl groups excluding tert-OH is 1. The van der Waals surface area contributed by atoms with Gasteiger partial charge in [-0.2, -0.15) is 9.97 Å². The summed E-state index contributed by atoms with van der Waals surface area (Å²) in [5.74, 6) is 0.368. The van der Waals surface area contributed by atoms with Crippen LogP contribution in [-0.2, 0) is 4.79 Å². The summed E-state index contributed by atoms with van der Waals surface area (Å²) in [4.78, 5) is 19.2. The minimum absolute atomic E-state index is 0.0769. The van der Waals surface area contributed by atoms with Crippen LogP contribution in [0.5, 0.6) is 0 Å². The van der Waals surface area contributed by atoms with Crippen molar-refractivity contribution in [2.45, 2.75) is 13.0 Å². The number of ketones is 1. The summed E-state index contributed by atoms with van der Waals surface area (Å²) in [7, 11) is 0. The first-order chi connectivity index (χ1) is 8.47. The third-order valence-electron chi connectivity index (χ3n) is 2.41. The zero-order valence-corrected chi connectivity index (χ0v) is 9.77. The van der Waals surface area contributed by atoms with Gasteiger partial charge in [-0.1, -0.05) is 0 Å². The molecule has 1 aromatic rings. The highest BCUT2D eigenvalue weighted by Crippen LogP contribution is 2.30. The molecule has 0 saturated heterocycles. The zero-order valence-electron chi connectivity index (χ0n) is 9.77. The molecule has 96 valence electrons. The van der Waals surface area contributed by atoms with Gasteiger partial charge in [0.15, 0.2) is 17.4 Å². The van der Waals surface area contributed by atoms with Gasteiger partial charge in [0.05, 0.1) is 6.54 Å². The van der Waals surface area contributed by atoms with Crippen molar-refractivity contribution in [1.82, 2.24) is 9.97 Å². The Morgan fingerprint density at radius 3 is 2.89 bits per heavy atom. The molecule has 2 heterocycles. The van der Waals surface area contributed by atoms with E-state index in [2.05, 4.69) is 20.6 Å². The standard InChI is InChI=1S/C10H14N6O2/c1-4(17)6(18)2-5-3-13-9-7(14-5)8(11)15-10(12)16-9/h2,4,14,17H,3H2,1H3,(H5,11,12,13,15,16). The summed E-state index contributed by atoms with van der Waals surface area (Å²) in [5.41, 5.74) is 12.2. The van der Waals surface area contributed by atoms with Crippen LogP contribution < -0.4 is 22.1 Å². The number of hydrogen-bond donors (Lipinski definition) is 5. The van der Waals surface area contributed by atoms with E-state index in [-0.39, 0.29) is 11.8 Å². The Balaban J connectivity index is 2.28. The van der Waals surface area contributed by atoms with E-state index in [1.54, 1.807) is 0 Å². The quantitative estimate of drug-likeness (QED) is 0.435. The summed E-state index contributed by atoms with van der Waals surface area (Å²) >= 11 is 0. The van der Waals surface area contributed by atoms with E-state index < -0.39 is 11.9 Å². The maximum absolute atomic E-state index is 11.4. The van der Waals surface area contributed by atoms with Crippen molar-refractivity contribution in [2.24, 2.45) is 0 Å². The maximum atomic E-state index is 11.4. The molecule has 18 heavy (non-hydrogen) atoms. The lowest BCUT2D eigenvalue weighted by Gasteiger charge is -2.22. The summed E-state index contributed by atoms with van der Waals surface area (Å²) in [6.45, 7) is 1.77. The lowest BCUT2D eigenvalue weighted by molar-refractivity contribution is -0.121. The zero-order chi connectivity index (χ0) is 13.3. The number of aromatic nitrogens is 2. The first kappa shape index (κ1) is 12.1. The topological polar surface area (TPSA) is 139 Å². The van der Waals surface area contributed by atoms with Gasteiger partial charge in [-0.15, -0.1) is 0 Å². The normalized spacial score (nSPS) is 17.6. The highest BCUT2D eigenvalue weighted by atomic mass is 16.3. The molecule has 1 atom stereocenters. The number of nitrogens with two attached hydrogens (primary N) is 2. The van der Waals surface area contributed by atoms with Gasteiger partial charge in [0.25, 0.3) is 0 Å². The molecule has 0 aliphatic carbocycles. The third-order valence-corrected chi connectivity index (χ3v) is 2.41. The van der Waals surface area contributed by atoms with E-state index >= 15 is 0 Å². The molecule has 0 bridgehead atoms. The SMILES string of the molecule is CC(O)C(=O)C=C1CNc2nc(N)nc(N)c2N1. The van der Waals surface area contributed by atoms with Crippen LogP contribution in [0.15, 0.2) is 11.8 Å². The average molecular weight is 250 g/mol. The maximum Gasteiger partial charge on any atom is 0.224 e. The molecule has 8 heteroatoms. The largest absolute Gasteiger partial charge is 0.385 e. The molecule has 0 fully saturated rings. The summed E-state index contributed by atoms with van der Waals surface area (Å²) in [6, 6.07) is 0. The van der Waals surface area contributed by atoms with Gasteiger partial charge in [-0.05, 0) is 6.92 Å². The van der Waals surface area contributed by atoms with Crippen molar-refractivity contribution in [3.05, 3.63) is 11.8 Å². The number of hydrogen-bond acceptors (Lipinski definition) is 8. The van der Waals surface area contributed by atoms with Crippen molar-refractivity contribution >= 4 is 29.1 Å². The van der Waals surface area contributed by atoms with Gasteiger partial charge in [0.2, 0.25) is 5.95 Å². The van der Waals surface area contributed by atoms with Gasteiger partial charge in [-0.25, -0.2) is 0 Å². The van der Waals surface area contributed by atoms with Crippen LogP contribution in [-0.4, -0.2) is 33.5 Å². The average Bonchev–Trinajstić information content (AvgIpc) is 2.29. The van der Waals surface area contributed by atoms with E-state index in [1.807, 2.05) is 0 Å². The Kier molecular flexibility index (Phi) is 3.02. The molecule has 0 saturated carbocycles. The Hall–Kier alpha value is -2.35. The number of nitrogens with one attached hydrogen (secondary N) is 2. The highest BCUT2D eigenvalue weighted by Gasteiger charge is 2.18. The van der Waals surface area contributed by atoms with Crippen LogP contribution in [0.2, 0.25) is 0 Å². The van der Waals surface area contributed by atoms with Gasteiger partial charge < -0.3 is 27.2 Å². The molecule has 0 amide bonds. The van der Waals surface area contributed by atoms with E-state index in [1.165, 1.54) is 13.0 Å². The lowest BCUT2D eigenvalue weighted by atomic mass is 10.2. The summed E-state index contributed by atoms with van der Waals surface area (Å²) in [5, 5.41) is 15.0. The number of carbonyl (C=O) groups excluding carboxylic acids is 1. The summed E-state index contributed by atoms with van der Waals surface area (Å²) < 4.78 is 0. The molecule has 0 spiro atoms. The molecule has 7 N–H and O–H groups in total. The number of anilines is 4. The van der Waals surface area contributed by atoms with Crippen molar-refractivity contribution in [3.8, 4) is 0 Å². The van der Waals surface area contributed by atoms with Crippen LogP contribution in [0.4, 0.5) is 23.3 Å². The predicted octanol–water partition coefficient (Wildman–Crippen LogP) is -0.688. The first-order valence-electron chi connectivity index (χ1n) is 5.33. The van der Waals surface area contributed by atoms with Crippen LogP contribution in [0.3, 0.4) is 0 Å². The van der Waals surface area contributed by atoms with Crippen LogP contribution >= 0.6 is 0 Å². The minimum Gasteiger partial charge on any atom is -0.385 e. The molecular weight excluding hydrogens is 236 g/mol. The Morgan fingerprint density at radius 2 is 2.22 bits per heavy atom. The minimum atomic E-state index is -1.04. The second kappa shape index (κ2) is 4.49. The van der Waals surface area contributed by atoms with Crippen LogP contribution in [0, 0.1) is 0 Å². The van der Waals surface area contributed by atoms with E-state index in [0.29, 0.717) is 23.7 Å². The number of rotatable bonds is 2. The number of nitrogens with zero attached hydrogens (tertiary/aromatic N) is 2. The fourth-order valence-electron chi connectivity index (χ4n) is 1.51. The summed E-state index contributed by atoms with van der Waals surface area (Å²) in [6.07, 6.45) is 0.275. The first-order valence-corrected chi connectivity index (χ1v) is 5.33. The van der Waals surface area contributed by atoms with Gasteiger partial charge in [0.1, 0.15) is 11.8 Å². The number of carbonyl (C=O) groups is 1. The van der Waals surface area contributed by atoms with Gasteiger partial charge >= 0.3 is 0 Å². The third kappa shape index (κ3) is 2.33.